The minimum absolute atomic E-state index is 0.0393. The van der Waals surface area contributed by atoms with Crippen LogP contribution in [0.3, 0.4) is 0 Å². The third-order valence-corrected chi connectivity index (χ3v) is 3.27. The molecule has 1 fully saturated rings. The first-order valence-electron chi connectivity index (χ1n) is 5.36. The first kappa shape index (κ1) is 10.9. The monoisotopic (exact) mass is 270 g/mol. The van der Waals surface area contributed by atoms with Gasteiger partial charge >= 0.3 is 0 Å². The fourth-order valence-corrected chi connectivity index (χ4v) is 2.15. The topological polar surface area (TPSA) is 45.8 Å². The van der Waals surface area contributed by atoms with E-state index >= 15 is 0 Å². The molecule has 1 saturated carbocycles. The van der Waals surface area contributed by atoms with Gasteiger partial charge in [0.05, 0.1) is 5.69 Å². The maximum atomic E-state index is 11.6. The molecule has 0 saturated heterocycles. The summed E-state index contributed by atoms with van der Waals surface area (Å²) in [6.45, 7) is 4.25. The molecule has 0 aromatic carbocycles. The molecular formula is C11H15BrN2O. The van der Waals surface area contributed by atoms with E-state index in [1.165, 1.54) is 0 Å². The maximum Gasteiger partial charge on any atom is 0.265 e. The van der Waals surface area contributed by atoms with Crippen LogP contribution in [-0.4, -0.2) is 9.97 Å². The summed E-state index contributed by atoms with van der Waals surface area (Å²) in [5, 5.41) is 0. The second kappa shape index (κ2) is 4.08. The number of aromatic amines is 1. The molecule has 4 heteroatoms. The van der Waals surface area contributed by atoms with Crippen molar-refractivity contribution in [3.05, 3.63) is 26.3 Å². The Bertz CT molecular complexity index is 421. The van der Waals surface area contributed by atoms with E-state index in [0.717, 1.165) is 30.8 Å². The first-order chi connectivity index (χ1) is 7.08. The fourth-order valence-electron chi connectivity index (χ4n) is 1.64. The molecule has 82 valence electrons. The van der Waals surface area contributed by atoms with Crippen LogP contribution in [0.4, 0.5) is 0 Å². The van der Waals surface area contributed by atoms with Crippen LogP contribution < -0.4 is 5.56 Å². The van der Waals surface area contributed by atoms with E-state index in [2.05, 4.69) is 39.7 Å². The summed E-state index contributed by atoms with van der Waals surface area (Å²) < 4.78 is 0.623. The highest BCUT2D eigenvalue weighted by atomic mass is 79.9. The molecule has 0 spiro atoms. The lowest BCUT2D eigenvalue weighted by Gasteiger charge is -2.07. The summed E-state index contributed by atoms with van der Waals surface area (Å²) >= 11 is 3.31. The number of nitrogens with one attached hydrogen (secondary N) is 1. The number of hydrogen-bond acceptors (Lipinski definition) is 2. The van der Waals surface area contributed by atoms with Crippen molar-refractivity contribution in [1.29, 1.82) is 0 Å². The number of nitrogens with zero attached hydrogens (tertiary/aromatic N) is 1. The van der Waals surface area contributed by atoms with Crippen LogP contribution in [-0.2, 0) is 6.42 Å². The number of hydrogen-bond donors (Lipinski definition) is 1. The smallest absolute Gasteiger partial charge is 0.265 e. The van der Waals surface area contributed by atoms with E-state index in [9.17, 15) is 4.79 Å². The zero-order chi connectivity index (χ0) is 11.0. The second-order valence-electron chi connectivity index (χ2n) is 4.58. The highest BCUT2D eigenvalue weighted by Crippen LogP contribution is 2.41. The van der Waals surface area contributed by atoms with Gasteiger partial charge in [-0.3, -0.25) is 4.79 Å². The van der Waals surface area contributed by atoms with Gasteiger partial charge < -0.3 is 4.98 Å². The summed E-state index contributed by atoms with van der Waals surface area (Å²) in [7, 11) is 0. The van der Waals surface area contributed by atoms with Gasteiger partial charge in [-0.2, -0.15) is 0 Å². The van der Waals surface area contributed by atoms with Crippen molar-refractivity contribution < 1.29 is 0 Å². The summed E-state index contributed by atoms with van der Waals surface area (Å²) in [6, 6.07) is 0. The predicted octanol–water partition coefficient (Wildman–Crippen LogP) is 2.61. The highest BCUT2D eigenvalue weighted by Gasteiger charge is 2.28. The van der Waals surface area contributed by atoms with Crippen LogP contribution in [0.25, 0.3) is 0 Å². The third kappa shape index (κ3) is 2.48. The van der Waals surface area contributed by atoms with E-state index in [1.54, 1.807) is 0 Å². The van der Waals surface area contributed by atoms with Gasteiger partial charge in [0.2, 0.25) is 0 Å². The van der Waals surface area contributed by atoms with E-state index in [4.69, 9.17) is 0 Å². The lowest BCUT2D eigenvalue weighted by Crippen LogP contribution is -2.16. The Hall–Kier alpha value is -0.640. The summed E-state index contributed by atoms with van der Waals surface area (Å²) in [5.74, 6) is 1.84. The molecule has 0 radical (unpaired) electrons. The molecule has 0 bridgehead atoms. The van der Waals surface area contributed by atoms with Crippen LogP contribution in [0, 0.1) is 5.92 Å². The van der Waals surface area contributed by atoms with Crippen LogP contribution >= 0.6 is 15.9 Å². The van der Waals surface area contributed by atoms with Gasteiger partial charge in [0.1, 0.15) is 10.3 Å². The molecule has 1 aromatic heterocycles. The third-order valence-electron chi connectivity index (χ3n) is 2.50. The van der Waals surface area contributed by atoms with Crippen molar-refractivity contribution in [3.8, 4) is 0 Å². The molecule has 0 atom stereocenters. The van der Waals surface area contributed by atoms with Crippen molar-refractivity contribution in [2.24, 2.45) is 5.92 Å². The van der Waals surface area contributed by atoms with Gasteiger partial charge in [-0.05, 0) is 34.7 Å². The van der Waals surface area contributed by atoms with Gasteiger partial charge in [-0.15, -0.1) is 0 Å². The van der Waals surface area contributed by atoms with Gasteiger partial charge in [0.15, 0.2) is 0 Å². The molecule has 0 unspecified atom stereocenters. The quantitative estimate of drug-likeness (QED) is 0.918. The van der Waals surface area contributed by atoms with Crippen molar-refractivity contribution >= 4 is 15.9 Å². The summed E-state index contributed by atoms with van der Waals surface area (Å²) in [5.41, 5.74) is 0.914. The van der Waals surface area contributed by atoms with Crippen molar-refractivity contribution in [2.45, 2.75) is 39.0 Å². The average molecular weight is 271 g/mol. The lowest BCUT2D eigenvalue weighted by atomic mass is 10.1. The van der Waals surface area contributed by atoms with Gasteiger partial charge in [0.25, 0.3) is 5.56 Å². The molecule has 2 rings (SSSR count). The number of H-pyrrole nitrogens is 1. The van der Waals surface area contributed by atoms with Gasteiger partial charge in [-0.25, -0.2) is 4.98 Å². The zero-order valence-corrected chi connectivity index (χ0v) is 10.6. The summed E-state index contributed by atoms with van der Waals surface area (Å²) in [6.07, 6.45) is 3.16. The Morgan fingerprint density at radius 2 is 2.20 bits per heavy atom. The van der Waals surface area contributed by atoms with E-state index in [1.807, 2.05) is 0 Å². The number of rotatable bonds is 3. The Morgan fingerprint density at radius 3 is 2.73 bits per heavy atom. The molecule has 1 N–H and O–H groups in total. The largest absolute Gasteiger partial charge is 0.310 e. The van der Waals surface area contributed by atoms with E-state index in [0.29, 0.717) is 16.3 Å². The molecule has 3 nitrogen and oxygen atoms in total. The molecule has 15 heavy (non-hydrogen) atoms. The highest BCUT2D eigenvalue weighted by molar-refractivity contribution is 9.10. The van der Waals surface area contributed by atoms with Crippen molar-refractivity contribution in [3.63, 3.8) is 0 Å². The number of aromatic nitrogens is 2. The molecule has 0 aliphatic heterocycles. The molecule has 1 aliphatic carbocycles. The molecular weight excluding hydrogens is 256 g/mol. The zero-order valence-electron chi connectivity index (χ0n) is 9.01. The van der Waals surface area contributed by atoms with Gasteiger partial charge in [-0.1, -0.05) is 13.8 Å². The molecule has 1 aromatic rings. The minimum Gasteiger partial charge on any atom is -0.310 e. The first-order valence-corrected chi connectivity index (χ1v) is 6.15. The SMILES string of the molecule is CC(C)Cc1nc(C2CC2)c(Br)c(=O)[nH]1. The Kier molecular flexibility index (Phi) is 2.96. The molecule has 1 heterocycles. The van der Waals surface area contributed by atoms with Crippen LogP contribution in [0.1, 0.15) is 44.1 Å². The maximum absolute atomic E-state index is 11.6. The molecule has 1 aliphatic rings. The molecule has 0 amide bonds. The second-order valence-corrected chi connectivity index (χ2v) is 5.38. The standard InChI is InChI=1S/C11H15BrN2O/c1-6(2)5-8-13-10(7-3-4-7)9(12)11(15)14-8/h6-7H,3-5H2,1-2H3,(H,13,14,15). The van der Waals surface area contributed by atoms with Crippen LogP contribution in [0.5, 0.6) is 0 Å². The Labute approximate surface area is 97.4 Å². The Morgan fingerprint density at radius 1 is 1.53 bits per heavy atom. The minimum atomic E-state index is -0.0393. The van der Waals surface area contributed by atoms with Crippen LogP contribution in [0.2, 0.25) is 0 Å². The summed E-state index contributed by atoms with van der Waals surface area (Å²) in [4.78, 5) is 19.0. The van der Waals surface area contributed by atoms with Crippen LogP contribution in [0.15, 0.2) is 9.27 Å². The van der Waals surface area contributed by atoms with Crippen molar-refractivity contribution in [2.75, 3.05) is 0 Å². The van der Waals surface area contributed by atoms with E-state index in [-0.39, 0.29) is 5.56 Å². The average Bonchev–Trinajstić information content (AvgIpc) is 2.93. The van der Waals surface area contributed by atoms with Crippen molar-refractivity contribution in [1.82, 2.24) is 9.97 Å². The predicted molar refractivity (Wildman–Crippen MR) is 63.1 cm³/mol. The van der Waals surface area contributed by atoms with E-state index < -0.39 is 0 Å². The lowest BCUT2D eigenvalue weighted by molar-refractivity contribution is 0.614. The van der Waals surface area contributed by atoms with Gasteiger partial charge in [0, 0.05) is 12.3 Å². The Balaban J connectivity index is 2.37. The number of halogens is 1. The fraction of sp³-hybridized carbons (Fsp3) is 0.636. The normalized spacial score (nSPS) is 16.0.